The highest BCUT2D eigenvalue weighted by Gasteiger charge is 2.25. The number of hydrogen-bond acceptors (Lipinski definition) is 8. The Kier molecular flexibility index (Phi) is 6.85. The molecule has 9 nitrogen and oxygen atoms in total. The van der Waals surface area contributed by atoms with Crippen molar-refractivity contribution in [3.05, 3.63) is 94.2 Å². The zero-order valence-electron chi connectivity index (χ0n) is 22.1. The number of nitrogens with zero attached hydrogens (tertiary/aromatic N) is 6. The number of benzene rings is 2. The molecule has 2 aromatic carbocycles. The summed E-state index contributed by atoms with van der Waals surface area (Å²) in [5.74, 6) is -2.33. The number of nitrogens with one attached hydrogen (secondary N) is 3. The van der Waals surface area contributed by atoms with Crippen LogP contribution in [0.5, 0.6) is 0 Å². The summed E-state index contributed by atoms with van der Waals surface area (Å²) in [7, 11) is 0. The van der Waals surface area contributed by atoms with Crippen molar-refractivity contribution in [1.82, 2.24) is 25.0 Å². The van der Waals surface area contributed by atoms with E-state index in [4.69, 9.17) is 11.6 Å². The molecule has 3 aromatic heterocycles. The van der Waals surface area contributed by atoms with Crippen LogP contribution in [0.15, 0.2) is 55.0 Å². The fourth-order valence-corrected chi connectivity index (χ4v) is 5.26. The van der Waals surface area contributed by atoms with E-state index in [2.05, 4.69) is 54.4 Å². The van der Waals surface area contributed by atoms with Gasteiger partial charge >= 0.3 is 0 Å². The van der Waals surface area contributed by atoms with E-state index >= 15 is 0 Å². The highest BCUT2D eigenvalue weighted by Crippen LogP contribution is 2.38. The molecule has 0 radical (unpaired) electrons. The Morgan fingerprint density at radius 3 is 2.73 bits per heavy atom. The predicted molar refractivity (Wildman–Crippen MR) is 153 cm³/mol. The summed E-state index contributed by atoms with van der Waals surface area (Å²) in [6, 6.07) is 12.5. The third-order valence-electron chi connectivity index (χ3n) is 6.99. The molecule has 41 heavy (non-hydrogen) atoms. The Labute approximate surface area is 239 Å². The molecule has 0 fully saturated rings. The van der Waals surface area contributed by atoms with Gasteiger partial charge < -0.3 is 16.0 Å². The number of hydrogen-bond donors (Lipinski definition) is 3. The first-order chi connectivity index (χ1) is 19.8. The minimum atomic E-state index is -1.21. The summed E-state index contributed by atoms with van der Waals surface area (Å²) >= 11 is 6.72. The molecule has 0 aliphatic carbocycles. The van der Waals surface area contributed by atoms with Crippen LogP contribution >= 0.6 is 11.6 Å². The number of rotatable bonds is 7. The van der Waals surface area contributed by atoms with Crippen LogP contribution in [0.1, 0.15) is 48.3 Å². The lowest BCUT2D eigenvalue weighted by Gasteiger charge is -2.22. The molecule has 1 aliphatic heterocycles. The lowest BCUT2D eigenvalue weighted by molar-refractivity contribution is 0.480. The standard InChI is InChI=1S/C29H24ClF2N9/c1-15(2)41-14-25(39-40-41)28(20-4-3-5-24-19(20)6-7-34-24)37-17-8-21-26(38-18-10-23(31)29(32)36-13-18)16(11-33)12-35-27(21)22(30)9-17/h3-5,8-10,12-15,28,34,37H,6-7H2,1-2H3,(H,35,38)/t28-/m0/s1. The maximum Gasteiger partial charge on any atom is 0.249 e. The summed E-state index contributed by atoms with van der Waals surface area (Å²) in [5.41, 5.74) is 5.81. The molecule has 1 atom stereocenters. The molecule has 1 aliphatic rings. The fraction of sp³-hybridized carbons (Fsp3) is 0.207. The van der Waals surface area contributed by atoms with Crippen molar-refractivity contribution < 1.29 is 8.78 Å². The van der Waals surface area contributed by atoms with Gasteiger partial charge in [-0.25, -0.2) is 14.1 Å². The van der Waals surface area contributed by atoms with Gasteiger partial charge in [0.25, 0.3) is 0 Å². The monoisotopic (exact) mass is 571 g/mol. The van der Waals surface area contributed by atoms with Crippen LogP contribution < -0.4 is 16.0 Å². The third kappa shape index (κ3) is 4.98. The van der Waals surface area contributed by atoms with Crippen molar-refractivity contribution in [3.63, 3.8) is 0 Å². The zero-order chi connectivity index (χ0) is 28.7. The van der Waals surface area contributed by atoms with Gasteiger partial charge in [0.15, 0.2) is 5.82 Å². The first-order valence-corrected chi connectivity index (χ1v) is 13.3. The van der Waals surface area contributed by atoms with E-state index < -0.39 is 11.8 Å². The Morgan fingerprint density at radius 2 is 1.98 bits per heavy atom. The van der Waals surface area contributed by atoms with Gasteiger partial charge in [0.1, 0.15) is 11.8 Å². The summed E-state index contributed by atoms with van der Waals surface area (Å²) in [5, 5.41) is 29.5. The first kappa shape index (κ1) is 26.4. The molecular formula is C29H24ClF2N9. The Hall–Kier alpha value is -4.82. The van der Waals surface area contributed by atoms with Crippen molar-refractivity contribution in [3.8, 4) is 6.07 Å². The van der Waals surface area contributed by atoms with Gasteiger partial charge in [-0.15, -0.1) is 5.10 Å². The Bertz CT molecular complexity index is 1830. The van der Waals surface area contributed by atoms with Gasteiger partial charge in [0.05, 0.1) is 45.9 Å². The topological polar surface area (TPSA) is 116 Å². The molecule has 6 rings (SSSR count). The highest BCUT2D eigenvalue weighted by molar-refractivity contribution is 6.36. The van der Waals surface area contributed by atoms with Gasteiger partial charge in [-0.2, -0.15) is 9.65 Å². The average molecular weight is 572 g/mol. The molecule has 0 amide bonds. The van der Waals surface area contributed by atoms with Gasteiger partial charge in [-0.1, -0.05) is 28.9 Å². The molecule has 5 aromatic rings. The number of halogens is 3. The SMILES string of the molecule is CC(C)n1cc([C@@H](Nc2cc(Cl)c3ncc(C#N)c(Nc4cnc(F)c(F)c4)c3c2)c2cccc3c2CCN3)nn1. The molecule has 3 N–H and O–H groups in total. The van der Waals surface area contributed by atoms with Crippen LogP contribution in [-0.2, 0) is 6.42 Å². The van der Waals surface area contributed by atoms with E-state index in [-0.39, 0.29) is 23.3 Å². The van der Waals surface area contributed by atoms with Crippen molar-refractivity contribution in [2.75, 3.05) is 22.5 Å². The summed E-state index contributed by atoms with van der Waals surface area (Å²) < 4.78 is 29.2. The van der Waals surface area contributed by atoms with Crippen LogP contribution in [0.4, 0.5) is 31.5 Å². The summed E-state index contributed by atoms with van der Waals surface area (Å²) in [6.07, 6.45) is 5.31. The zero-order valence-corrected chi connectivity index (χ0v) is 22.8. The van der Waals surface area contributed by atoms with E-state index in [1.165, 1.54) is 11.8 Å². The number of nitriles is 1. The lowest BCUT2D eigenvalue weighted by Crippen LogP contribution is -2.15. The number of aromatic nitrogens is 5. The smallest absolute Gasteiger partial charge is 0.249 e. The van der Waals surface area contributed by atoms with Crippen LogP contribution in [0.25, 0.3) is 10.9 Å². The number of fused-ring (bicyclic) bond motifs is 2. The average Bonchev–Trinajstić information content (AvgIpc) is 3.64. The van der Waals surface area contributed by atoms with E-state index in [9.17, 15) is 14.0 Å². The van der Waals surface area contributed by atoms with Crippen LogP contribution in [-0.4, -0.2) is 31.5 Å². The maximum absolute atomic E-state index is 13.9. The van der Waals surface area contributed by atoms with Crippen LogP contribution in [0.2, 0.25) is 5.02 Å². The number of pyridine rings is 2. The second kappa shape index (κ2) is 10.6. The molecule has 0 saturated carbocycles. The van der Waals surface area contributed by atoms with Crippen LogP contribution in [0, 0.1) is 23.1 Å². The lowest BCUT2D eigenvalue weighted by atomic mass is 9.96. The van der Waals surface area contributed by atoms with E-state index in [0.29, 0.717) is 27.3 Å². The largest absolute Gasteiger partial charge is 0.384 e. The molecular weight excluding hydrogens is 548 g/mol. The van der Waals surface area contributed by atoms with E-state index in [1.807, 2.05) is 32.2 Å². The molecule has 0 saturated heterocycles. The van der Waals surface area contributed by atoms with Gasteiger partial charge in [0, 0.05) is 41.6 Å². The third-order valence-corrected chi connectivity index (χ3v) is 7.28. The number of anilines is 4. The summed E-state index contributed by atoms with van der Waals surface area (Å²) in [6.45, 7) is 4.91. The van der Waals surface area contributed by atoms with Crippen molar-refractivity contribution >= 4 is 45.3 Å². The Morgan fingerprint density at radius 1 is 1.12 bits per heavy atom. The molecule has 206 valence electrons. The van der Waals surface area contributed by atoms with Crippen molar-refractivity contribution in [2.24, 2.45) is 0 Å². The van der Waals surface area contributed by atoms with Gasteiger partial charge in [-0.05, 0) is 49.6 Å². The van der Waals surface area contributed by atoms with Crippen molar-refractivity contribution in [1.29, 1.82) is 5.26 Å². The first-order valence-electron chi connectivity index (χ1n) is 13.0. The quantitative estimate of drug-likeness (QED) is 0.189. The van der Waals surface area contributed by atoms with Gasteiger partial charge in [-0.3, -0.25) is 4.98 Å². The van der Waals surface area contributed by atoms with Gasteiger partial charge in [0.2, 0.25) is 5.95 Å². The van der Waals surface area contributed by atoms with Crippen LogP contribution in [0.3, 0.4) is 0 Å². The fourth-order valence-electron chi connectivity index (χ4n) is 4.99. The molecule has 12 heteroatoms. The minimum absolute atomic E-state index is 0.130. The van der Waals surface area contributed by atoms with E-state index in [0.717, 1.165) is 42.2 Å². The molecule has 0 bridgehead atoms. The molecule has 0 unspecified atom stereocenters. The predicted octanol–water partition coefficient (Wildman–Crippen LogP) is 6.52. The Balaban J connectivity index is 1.47. The van der Waals surface area contributed by atoms with E-state index in [1.54, 1.807) is 10.7 Å². The summed E-state index contributed by atoms with van der Waals surface area (Å²) in [4.78, 5) is 7.82. The second-order valence-electron chi connectivity index (χ2n) is 9.98. The molecule has 0 spiro atoms. The highest BCUT2D eigenvalue weighted by atomic mass is 35.5. The van der Waals surface area contributed by atoms with Crippen molar-refractivity contribution in [2.45, 2.75) is 32.4 Å². The minimum Gasteiger partial charge on any atom is -0.384 e. The maximum atomic E-state index is 13.9. The normalized spacial score (nSPS) is 13.1. The second-order valence-corrected chi connectivity index (χ2v) is 10.4. The molecule has 4 heterocycles.